The van der Waals surface area contributed by atoms with Crippen LogP contribution in [0.1, 0.15) is 19.8 Å². The maximum absolute atomic E-state index is 5.47. The average molecular weight is 184 g/mol. The summed E-state index contributed by atoms with van der Waals surface area (Å²) in [6.07, 6.45) is 2.88. The van der Waals surface area contributed by atoms with Crippen molar-refractivity contribution in [3.8, 4) is 0 Å². The quantitative estimate of drug-likeness (QED) is 0.674. The number of fused-ring (bicyclic) bond motifs is 2. The van der Waals surface area contributed by atoms with E-state index in [9.17, 15) is 0 Å². The van der Waals surface area contributed by atoms with E-state index in [1.54, 1.807) is 0 Å². The molecule has 0 aromatic rings. The fourth-order valence-electron chi connectivity index (χ4n) is 2.84. The fraction of sp³-hybridized carbons (Fsp3) is 1.00. The summed E-state index contributed by atoms with van der Waals surface area (Å²) < 4.78 is 5.47. The van der Waals surface area contributed by atoms with Gasteiger partial charge in [-0.1, -0.05) is 0 Å². The van der Waals surface area contributed by atoms with Crippen molar-refractivity contribution in [2.45, 2.75) is 37.5 Å². The summed E-state index contributed by atoms with van der Waals surface area (Å²) in [4.78, 5) is 2.42. The number of rotatable bonds is 2. The maximum atomic E-state index is 5.47. The van der Waals surface area contributed by atoms with Crippen LogP contribution in [0.2, 0.25) is 0 Å². The molecule has 2 rings (SSSR count). The molecule has 0 aromatic carbocycles. The van der Waals surface area contributed by atoms with Crippen LogP contribution < -0.4 is 5.32 Å². The second-order valence-corrected chi connectivity index (χ2v) is 4.61. The van der Waals surface area contributed by atoms with Gasteiger partial charge in [-0.25, -0.2) is 0 Å². The Hall–Kier alpha value is -0.120. The Morgan fingerprint density at radius 2 is 2.38 bits per heavy atom. The van der Waals surface area contributed by atoms with E-state index in [4.69, 9.17) is 4.74 Å². The summed E-state index contributed by atoms with van der Waals surface area (Å²) in [6, 6.07) is 0.691. The molecular weight excluding hydrogens is 164 g/mol. The predicted octanol–water partition coefficient (Wildman–Crippen LogP) is 0.457. The molecule has 13 heavy (non-hydrogen) atoms. The molecule has 1 unspecified atom stereocenters. The first-order chi connectivity index (χ1) is 6.16. The lowest BCUT2D eigenvalue weighted by Crippen LogP contribution is -2.63. The van der Waals surface area contributed by atoms with E-state index in [-0.39, 0.29) is 5.54 Å². The average Bonchev–Trinajstić information content (AvgIpc) is 2.42. The fourth-order valence-corrected chi connectivity index (χ4v) is 2.84. The summed E-state index contributed by atoms with van der Waals surface area (Å²) >= 11 is 0. The molecule has 3 nitrogen and oxygen atoms in total. The summed E-state index contributed by atoms with van der Waals surface area (Å²) in [6.45, 7) is 4.49. The molecule has 2 saturated heterocycles. The Kier molecular flexibility index (Phi) is 2.34. The third-order valence-electron chi connectivity index (χ3n) is 3.65. The van der Waals surface area contributed by atoms with E-state index in [1.165, 1.54) is 19.4 Å². The molecule has 2 bridgehead atoms. The summed E-state index contributed by atoms with van der Waals surface area (Å²) in [7, 11) is 4.01. The Labute approximate surface area is 80.4 Å². The van der Waals surface area contributed by atoms with E-state index in [0.717, 1.165) is 6.54 Å². The van der Waals surface area contributed by atoms with Gasteiger partial charge in [-0.2, -0.15) is 0 Å². The zero-order chi connectivity index (χ0) is 9.47. The SMILES string of the molecule is COC(C)[C@@]12CC[C@@H](CN(C)C1)N2. The first-order valence-electron chi connectivity index (χ1n) is 5.15. The molecular formula is C10H20N2O. The first kappa shape index (κ1) is 9.44. The summed E-state index contributed by atoms with van der Waals surface area (Å²) in [5.74, 6) is 0. The second kappa shape index (κ2) is 3.23. The standard InChI is InChI=1S/C10H20N2O/c1-8(13-3)10-5-4-9(11-10)6-12(2)7-10/h8-9,11H,4-7H2,1-3H3/t8?,9-,10+/m0/s1. The molecule has 3 atom stereocenters. The van der Waals surface area contributed by atoms with Crippen LogP contribution in [-0.2, 0) is 4.74 Å². The van der Waals surface area contributed by atoms with Crippen molar-refractivity contribution < 1.29 is 4.74 Å². The van der Waals surface area contributed by atoms with Crippen LogP contribution in [0.15, 0.2) is 0 Å². The van der Waals surface area contributed by atoms with Crippen molar-refractivity contribution in [1.82, 2.24) is 10.2 Å². The Bertz CT molecular complexity index is 197. The number of nitrogens with one attached hydrogen (secondary N) is 1. The minimum absolute atomic E-state index is 0.229. The van der Waals surface area contributed by atoms with E-state index in [0.29, 0.717) is 12.1 Å². The number of hydrogen-bond acceptors (Lipinski definition) is 3. The number of nitrogens with zero attached hydrogens (tertiary/aromatic N) is 1. The minimum Gasteiger partial charge on any atom is -0.380 e. The van der Waals surface area contributed by atoms with Crippen molar-refractivity contribution in [2.75, 3.05) is 27.2 Å². The van der Waals surface area contributed by atoms with Gasteiger partial charge in [0.1, 0.15) is 0 Å². The summed E-state index contributed by atoms with van der Waals surface area (Å²) in [5.41, 5.74) is 0.229. The highest BCUT2D eigenvalue weighted by atomic mass is 16.5. The molecule has 2 aliphatic rings. The van der Waals surface area contributed by atoms with Gasteiger partial charge in [-0.3, -0.25) is 0 Å². The van der Waals surface area contributed by atoms with Gasteiger partial charge in [-0.05, 0) is 26.8 Å². The lowest BCUT2D eigenvalue weighted by molar-refractivity contribution is 0.00724. The van der Waals surface area contributed by atoms with Crippen molar-refractivity contribution in [3.05, 3.63) is 0 Å². The van der Waals surface area contributed by atoms with Crippen LogP contribution in [0, 0.1) is 0 Å². The van der Waals surface area contributed by atoms with Gasteiger partial charge >= 0.3 is 0 Å². The Morgan fingerprint density at radius 1 is 1.62 bits per heavy atom. The molecule has 0 aliphatic carbocycles. The van der Waals surface area contributed by atoms with Crippen LogP contribution in [0.3, 0.4) is 0 Å². The van der Waals surface area contributed by atoms with E-state index in [1.807, 2.05) is 7.11 Å². The van der Waals surface area contributed by atoms with Crippen LogP contribution in [-0.4, -0.2) is 49.8 Å². The molecule has 2 heterocycles. The molecule has 3 heteroatoms. The number of likely N-dealkylation sites (N-methyl/N-ethyl adjacent to an activating group) is 1. The molecule has 1 N–H and O–H groups in total. The molecule has 76 valence electrons. The zero-order valence-electron chi connectivity index (χ0n) is 8.84. The molecule has 0 aromatic heterocycles. The zero-order valence-corrected chi connectivity index (χ0v) is 8.84. The van der Waals surface area contributed by atoms with E-state index in [2.05, 4.69) is 24.2 Å². The number of methoxy groups -OCH3 is 1. The molecule has 0 radical (unpaired) electrons. The van der Waals surface area contributed by atoms with Crippen LogP contribution in [0.25, 0.3) is 0 Å². The highest BCUT2D eigenvalue weighted by Crippen LogP contribution is 2.32. The van der Waals surface area contributed by atoms with Crippen LogP contribution >= 0.6 is 0 Å². The van der Waals surface area contributed by atoms with Crippen LogP contribution in [0.4, 0.5) is 0 Å². The highest BCUT2D eigenvalue weighted by molar-refractivity contribution is 5.07. The normalized spacial score (nSPS) is 42.2. The molecule has 0 amide bonds. The van der Waals surface area contributed by atoms with Crippen molar-refractivity contribution in [2.24, 2.45) is 0 Å². The van der Waals surface area contributed by atoms with Gasteiger partial charge in [-0.15, -0.1) is 0 Å². The first-order valence-corrected chi connectivity index (χ1v) is 5.15. The van der Waals surface area contributed by atoms with Crippen molar-refractivity contribution >= 4 is 0 Å². The minimum atomic E-state index is 0.229. The summed E-state index contributed by atoms with van der Waals surface area (Å²) in [5, 5.41) is 3.72. The van der Waals surface area contributed by atoms with Gasteiger partial charge in [0, 0.05) is 26.2 Å². The maximum Gasteiger partial charge on any atom is 0.0737 e. The smallest absolute Gasteiger partial charge is 0.0737 e. The Balaban J connectivity index is 2.13. The third-order valence-corrected chi connectivity index (χ3v) is 3.65. The molecule has 2 aliphatic heterocycles. The largest absolute Gasteiger partial charge is 0.380 e. The highest BCUT2D eigenvalue weighted by Gasteiger charge is 2.47. The second-order valence-electron chi connectivity index (χ2n) is 4.61. The monoisotopic (exact) mass is 184 g/mol. The lowest BCUT2D eigenvalue weighted by Gasteiger charge is -2.42. The number of piperazine rings is 1. The van der Waals surface area contributed by atoms with Gasteiger partial charge in [0.15, 0.2) is 0 Å². The van der Waals surface area contributed by atoms with E-state index < -0.39 is 0 Å². The molecule has 2 fully saturated rings. The van der Waals surface area contributed by atoms with Gasteiger partial charge in [0.25, 0.3) is 0 Å². The topological polar surface area (TPSA) is 24.5 Å². The van der Waals surface area contributed by atoms with Crippen molar-refractivity contribution in [3.63, 3.8) is 0 Å². The Morgan fingerprint density at radius 3 is 3.08 bits per heavy atom. The third kappa shape index (κ3) is 1.49. The lowest BCUT2D eigenvalue weighted by atomic mass is 9.91. The van der Waals surface area contributed by atoms with Crippen LogP contribution in [0.5, 0.6) is 0 Å². The molecule has 0 saturated carbocycles. The van der Waals surface area contributed by atoms with Crippen molar-refractivity contribution in [1.29, 1.82) is 0 Å². The number of ether oxygens (including phenoxy) is 1. The number of likely N-dealkylation sites (tertiary alicyclic amines) is 1. The van der Waals surface area contributed by atoms with Gasteiger partial charge in [0.2, 0.25) is 0 Å². The molecule has 0 spiro atoms. The van der Waals surface area contributed by atoms with Gasteiger partial charge in [0.05, 0.1) is 11.6 Å². The number of hydrogen-bond donors (Lipinski definition) is 1. The van der Waals surface area contributed by atoms with Gasteiger partial charge < -0.3 is 15.0 Å². The predicted molar refractivity (Wildman–Crippen MR) is 52.9 cm³/mol. The van der Waals surface area contributed by atoms with E-state index >= 15 is 0 Å².